The van der Waals surface area contributed by atoms with Gasteiger partial charge >= 0.3 is 0 Å². The summed E-state index contributed by atoms with van der Waals surface area (Å²) >= 11 is 0. The van der Waals surface area contributed by atoms with Gasteiger partial charge in [0.2, 0.25) is 0 Å². The third-order valence-electron chi connectivity index (χ3n) is 2.32. The van der Waals surface area contributed by atoms with Gasteiger partial charge < -0.3 is 9.84 Å². The SMILES string of the molecule is O=Cc1cccc(OCCCCCCO)c1. The maximum atomic E-state index is 10.5. The fraction of sp³-hybridized carbons (Fsp3) is 0.462. The molecule has 1 N–H and O–H groups in total. The van der Waals surface area contributed by atoms with E-state index in [-0.39, 0.29) is 6.61 Å². The number of ether oxygens (including phenoxy) is 1. The second kappa shape index (κ2) is 7.88. The zero-order valence-corrected chi connectivity index (χ0v) is 9.39. The van der Waals surface area contributed by atoms with Gasteiger partial charge in [-0.05, 0) is 31.4 Å². The largest absolute Gasteiger partial charge is 0.494 e. The molecule has 3 nitrogen and oxygen atoms in total. The van der Waals surface area contributed by atoms with Crippen LogP contribution in [0.15, 0.2) is 24.3 Å². The number of unbranched alkanes of at least 4 members (excludes halogenated alkanes) is 3. The van der Waals surface area contributed by atoms with E-state index in [2.05, 4.69) is 0 Å². The highest BCUT2D eigenvalue weighted by Gasteiger charge is 1.96. The molecule has 0 spiro atoms. The summed E-state index contributed by atoms with van der Waals surface area (Å²) in [6.45, 7) is 0.927. The van der Waals surface area contributed by atoms with Gasteiger partial charge in [-0.25, -0.2) is 0 Å². The molecule has 0 atom stereocenters. The second-order valence-electron chi connectivity index (χ2n) is 3.68. The van der Waals surface area contributed by atoms with Gasteiger partial charge in [0.1, 0.15) is 12.0 Å². The van der Waals surface area contributed by atoms with Gasteiger partial charge in [0.05, 0.1) is 6.61 Å². The number of benzene rings is 1. The third kappa shape index (κ3) is 4.94. The van der Waals surface area contributed by atoms with E-state index in [9.17, 15) is 4.79 Å². The number of hydrogen-bond acceptors (Lipinski definition) is 3. The van der Waals surface area contributed by atoms with Gasteiger partial charge in [0.25, 0.3) is 0 Å². The Hall–Kier alpha value is -1.35. The molecule has 0 radical (unpaired) electrons. The number of aliphatic hydroxyl groups excluding tert-OH is 1. The van der Waals surface area contributed by atoms with Gasteiger partial charge in [0.15, 0.2) is 0 Å². The molecule has 0 aromatic heterocycles. The van der Waals surface area contributed by atoms with Crippen LogP contribution in [0.1, 0.15) is 36.0 Å². The maximum absolute atomic E-state index is 10.5. The molecule has 0 amide bonds. The van der Waals surface area contributed by atoms with Gasteiger partial charge in [-0.15, -0.1) is 0 Å². The highest BCUT2D eigenvalue weighted by Crippen LogP contribution is 2.12. The monoisotopic (exact) mass is 222 g/mol. The standard InChI is InChI=1S/C13H18O3/c14-8-3-1-2-4-9-16-13-7-5-6-12(10-13)11-15/h5-7,10-11,14H,1-4,8-9H2. The Bertz CT molecular complexity index is 310. The zero-order chi connectivity index (χ0) is 11.6. The minimum absolute atomic E-state index is 0.266. The minimum atomic E-state index is 0.266. The number of carbonyl (C=O) groups excluding carboxylic acids is 1. The van der Waals surface area contributed by atoms with Crippen LogP contribution in [0.3, 0.4) is 0 Å². The number of aliphatic hydroxyl groups is 1. The van der Waals surface area contributed by atoms with Crippen LogP contribution in [-0.2, 0) is 0 Å². The lowest BCUT2D eigenvalue weighted by molar-refractivity contribution is 0.112. The lowest BCUT2D eigenvalue weighted by atomic mass is 10.2. The molecule has 1 rings (SSSR count). The first-order valence-electron chi connectivity index (χ1n) is 5.65. The van der Waals surface area contributed by atoms with Crippen molar-refractivity contribution in [3.05, 3.63) is 29.8 Å². The van der Waals surface area contributed by atoms with Crippen LogP contribution in [0, 0.1) is 0 Å². The molecule has 0 saturated carbocycles. The first kappa shape index (κ1) is 12.7. The van der Waals surface area contributed by atoms with Crippen molar-refractivity contribution in [3.8, 4) is 5.75 Å². The van der Waals surface area contributed by atoms with Crippen LogP contribution >= 0.6 is 0 Å². The van der Waals surface area contributed by atoms with E-state index >= 15 is 0 Å². The molecule has 1 aromatic rings. The average molecular weight is 222 g/mol. The fourth-order valence-corrected chi connectivity index (χ4v) is 1.44. The smallest absolute Gasteiger partial charge is 0.150 e. The van der Waals surface area contributed by atoms with Crippen molar-refractivity contribution in [2.75, 3.05) is 13.2 Å². The van der Waals surface area contributed by atoms with E-state index in [0.29, 0.717) is 12.2 Å². The summed E-state index contributed by atoms with van der Waals surface area (Å²) in [5, 5.41) is 8.59. The predicted octanol–water partition coefficient (Wildman–Crippen LogP) is 2.43. The summed E-state index contributed by atoms with van der Waals surface area (Å²) in [4.78, 5) is 10.5. The van der Waals surface area contributed by atoms with Crippen LogP contribution in [0.4, 0.5) is 0 Å². The second-order valence-corrected chi connectivity index (χ2v) is 3.68. The first-order chi connectivity index (χ1) is 7.86. The summed E-state index contributed by atoms with van der Waals surface area (Å²) in [5.74, 6) is 0.742. The predicted molar refractivity (Wildman–Crippen MR) is 62.9 cm³/mol. The quantitative estimate of drug-likeness (QED) is 0.543. The highest BCUT2D eigenvalue weighted by atomic mass is 16.5. The molecule has 0 fully saturated rings. The normalized spacial score (nSPS) is 10.1. The summed E-state index contributed by atoms with van der Waals surface area (Å²) < 4.78 is 5.51. The first-order valence-corrected chi connectivity index (χ1v) is 5.65. The minimum Gasteiger partial charge on any atom is -0.494 e. The lowest BCUT2D eigenvalue weighted by Gasteiger charge is -2.06. The number of aldehydes is 1. The van der Waals surface area contributed by atoms with Crippen molar-refractivity contribution in [1.82, 2.24) is 0 Å². The van der Waals surface area contributed by atoms with Gasteiger partial charge in [-0.1, -0.05) is 18.6 Å². The highest BCUT2D eigenvalue weighted by molar-refractivity contribution is 5.75. The third-order valence-corrected chi connectivity index (χ3v) is 2.32. The Morgan fingerprint density at radius 2 is 2.00 bits per heavy atom. The fourth-order valence-electron chi connectivity index (χ4n) is 1.44. The number of hydrogen-bond donors (Lipinski definition) is 1. The Morgan fingerprint density at radius 3 is 2.75 bits per heavy atom. The van der Waals surface area contributed by atoms with E-state index in [1.54, 1.807) is 12.1 Å². The lowest BCUT2D eigenvalue weighted by Crippen LogP contribution is -1.98. The number of carbonyl (C=O) groups is 1. The van der Waals surface area contributed by atoms with E-state index in [1.165, 1.54) is 0 Å². The molecule has 0 aliphatic carbocycles. The summed E-state index contributed by atoms with van der Waals surface area (Å²) in [6.07, 6.45) is 4.75. The van der Waals surface area contributed by atoms with Crippen molar-refractivity contribution in [2.24, 2.45) is 0 Å². The topological polar surface area (TPSA) is 46.5 Å². The number of rotatable bonds is 8. The van der Waals surface area contributed by atoms with E-state index < -0.39 is 0 Å². The molecule has 0 heterocycles. The van der Waals surface area contributed by atoms with Crippen LogP contribution in [0.2, 0.25) is 0 Å². The summed E-state index contributed by atoms with van der Waals surface area (Å²) in [5.41, 5.74) is 0.637. The molecule has 0 aliphatic heterocycles. The molecule has 16 heavy (non-hydrogen) atoms. The van der Waals surface area contributed by atoms with Gasteiger partial charge in [0, 0.05) is 12.2 Å². The van der Waals surface area contributed by atoms with Crippen molar-refractivity contribution in [2.45, 2.75) is 25.7 Å². The molecule has 1 aromatic carbocycles. The molecule has 0 unspecified atom stereocenters. The van der Waals surface area contributed by atoms with Crippen molar-refractivity contribution < 1.29 is 14.6 Å². The molecular formula is C13H18O3. The Labute approximate surface area is 96.1 Å². The van der Waals surface area contributed by atoms with Crippen LogP contribution < -0.4 is 4.74 Å². The zero-order valence-electron chi connectivity index (χ0n) is 9.39. The van der Waals surface area contributed by atoms with Crippen molar-refractivity contribution in [1.29, 1.82) is 0 Å². The van der Waals surface area contributed by atoms with E-state index in [4.69, 9.17) is 9.84 Å². The molecule has 0 saturated heterocycles. The molecular weight excluding hydrogens is 204 g/mol. The van der Waals surface area contributed by atoms with Crippen LogP contribution in [-0.4, -0.2) is 24.6 Å². The Balaban J connectivity index is 2.18. The van der Waals surface area contributed by atoms with E-state index in [0.717, 1.165) is 37.7 Å². The Morgan fingerprint density at radius 1 is 1.19 bits per heavy atom. The van der Waals surface area contributed by atoms with Gasteiger partial charge in [-0.3, -0.25) is 4.79 Å². The molecule has 0 bridgehead atoms. The average Bonchev–Trinajstić information content (AvgIpc) is 2.34. The van der Waals surface area contributed by atoms with Crippen LogP contribution in [0.25, 0.3) is 0 Å². The van der Waals surface area contributed by atoms with Crippen LogP contribution in [0.5, 0.6) is 5.75 Å². The van der Waals surface area contributed by atoms with Crippen molar-refractivity contribution in [3.63, 3.8) is 0 Å². The summed E-state index contributed by atoms with van der Waals surface area (Å²) in [7, 11) is 0. The molecule has 88 valence electrons. The Kier molecular flexibility index (Phi) is 6.26. The molecule has 0 aliphatic rings. The molecule has 3 heteroatoms. The van der Waals surface area contributed by atoms with Crippen molar-refractivity contribution >= 4 is 6.29 Å². The maximum Gasteiger partial charge on any atom is 0.150 e. The summed E-state index contributed by atoms with van der Waals surface area (Å²) in [6, 6.07) is 7.15. The van der Waals surface area contributed by atoms with E-state index in [1.807, 2.05) is 12.1 Å². The van der Waals surface area contributed by atoms with Gasteiger partial charge in [-0.2, -0.15) is 0 Å².